The lowest BCUT2D eigenvalue weighted by Gasteiger charge is -2.25. The number of carbonyl (C=O) groups is 1. The van der Waals surface area contributed by atoms with E-state index in [9.17, 15) is 36.2 Å². The minimum absolute atomic E-state index is 0.0946. The SMILES string of the molecule is CC(O)(C(=O)Nc1ccc(Sc2ccccc2C(F)(F)F)cc1Cl)C(F)(F)F. The molecular weight excluding hydrogens is 432 g/mol. The summed E-state index contributed by atoms with van der Waals surface area (Å²) in [4.78, 5) is 11.9. The molecule has 0 saturated heterocycles. The molecule has 11 heteroatoms. The van der Waals surface area contributed by atoms with E-state index in [-0.39, 0.29) is 27.4 Å². The van der Waals surface area contributed by atoms with Crippen LogP contribution < -0.4 is 5.32 Å². The van der Waals surface area contributed by atoms with Gasteiger partial charge >= 0.3 is 12.4 Å². The van der Waals surface area contributed by atoms with Crippen LogP contribution in [-0.4, -0.2) is 22.8 Å². The van der Waals surface area contributed by atoms with Crippen molar-refractivity contribution in [2.75, 3.05) is 5.32 Å². The second kappa shape index (κ2) is 7.84. The summed E-state index contributed by atoms with van der Waals surface area (Å²) in [7, 11) is 0. The highest BCUT2D eigenvalue weighted by atomic mass is 35.5. The number of rotatable bonds is 4. The zero-order valence-electron chi connectivity index (χ0n) is 14.0. The van der Waals surface area contributed by atoms with E-state index in [2.05, 4.69) is 0 Å². The monoisotopic (exact) mass is 443 g/mol. The Balaban J connectivity index is 2.24. The van der Waals surface area contributed by atoms with Crippen LogP contribution in [0.5, 0.6) is 0 Å². The van der Waals surface area contributed by atoms with Crippen LogP contribution in [0.4, 0.5) is 32.0 Å². The molecule has 2 N–H and O–H groups in total. The maximum atomic E-state index is 13.0. The van der Waals surface area contributed by atoms with Crippen LogP contribution in [-0.2, 0) is 11.0 Å². The summed E-state index contributed by atoms with van der Waals surface area (Å²) in [6.07, 6.45) is -9.77. The van der Waals surface area contributed by atoms with Gasteiger partial charge in [-0.25, -0.2) is 0 Å². The maximum absolute atomic E-state index is 13.0. The van der Waals surface area contributed by atoms with E-state index in [1.54, 1.807) is 0 Å². The average molecular weight is 444 g/mol. The Morgan fingerprint density at radius 1 is 1.07 bits per heavy atom. The molecule has 0 aliphatic carbocycles. The molecule has 2 rings (SSSR count). The molecule has 0 aliphatic heterocycles. The van der Waals surface area contributed by atoms with E-state index in [1.165, 1.54) is 30.3 Å². The molecule has 2 aromatic carbocycles. The third-order valence-electron chi connectivity index (χ3n) is 3.60. The zero-order chi connectivity index (χ0) is 21.3. The van der Waals surface area contributed by atoms with Crippen LogP contribution in [0.2, 0.25) is 5.02 Å². The summed E-state index contributed by atoms with van der Waals surface area (Å²) < 4.78 is 77.2. The Bertz CT molecular complexity index is 883. The van der Waals surface area contributed by atoms with Crippen molar-refractivity contribution in [2.24, 2.45) is 0 Å². The third kappa shape index (κ3) is 4.92. The molecule has 0 aromatic heterocycles. The molecule has 1 atom stereocenters. The van der Waals surface area contributed by atoms with Gasteiger partial charge in [-0.05, 0) is 37.3 Å². The fraction of sp³-hybridized carbons (Fsp3) is 0.235. The first-order valence-corrected chi connectivity index (χ1v) is 8.67. The van der Waals surface area contributed by atoms with Crippen molar-refractivity contribution >= 4 is 35.0 Å². The predicted molar refractivity (Wildman–Crippen MR) is 92.3 cm³/mol. The molecule has 0 bridgehead atoms. The van der Waals surface area contributed by atoms with Crippen molar-refractivity contribution < 1.29 is 36.2 Å². The van der Waals surface area contributed by atoms with Gasteiger partial charge in [0.15, 0.2) is 0 Å². The van der Waals surface area contributed by atoms with Gasteiger partial charge in [-0.1, -0.05) is 35.5 Å². The highest BCUT2D eigenvalue weighted by Gasteiger charge is 2.55. The van der Waals surface area contributed by atoms with Gasteiger partial charge in [-0.2, -0.15) is 26.3 Å². The van der Waals surface area contributed by atoms with Crippen LogP contribution in [0, 0.1) is 0 Å². The van der Waals surface area contributed by atoms with Crippen molar-refractivity contribution in [3.8, 4) is 0 Å². The fourth-order valence-electron chi connectivity index (χ4n) is 1.95. The number of anilines is 1. The summed E-state index contributed by atoms with van der Waals surface area (Å²) in [6.45, 7) is 0.286. The van der Waals surface area contributed by atoms with Crippen LogP contribution in [0.25, 0.3) is 0 Å². The quantitative estimate of drug-likeness (QED) is 0.590. The molecule has 0 fully saturated rings. The largest absolute Gasteiger partial charge is 0.426 e. The molecule has 1 unspecified atom stereocenters. The van der Waals surface area contributed by atoms with Gasteiger partial charge in [0.2, 0.25) is 5.60 Å². The number of hydrogen-bond donors (Lipinski definition) is 2. The summed E-state index contributed by atoms with van der Waals surface area (Å²) in [6, 6.07) is 8.44. The van der Waals surface area contributed by atoms with Crippen LogP contribution in [0.3, 0.4) is 0 Å². The number of hydrogen-bond acceptors (Lipinski definition) is 3. The number of benzene rings is 2. The van der Waals surface area contributed by atoms with Gasteiger partial charge in [-0.3, -0.25) is 4.79 Å². The van der Waals surface area contributed by atoms with Crippen LogP contribution >= 0.6 is 23.4 Å². The molecule has 2 aromatic rings. The van der Waals surface area contributed by atoms with Crippen molar-refractivity contribution in [1.82, 2.24) is 0 Å². The van der Waals surface area contributed by atoms with Gasteiger partial charge in [0, 0.05) is 9.79 Å². The van der Waals surface area contributed by atoms with Gasteiger partial charge in [-0.15, -0.1) is 0 Å². The molecule has 152 valence electrons. The molecule has 28 heavy (non-hydrogen) atoms. The number of carbonyl (C=O) groups excluding carboxylic acids is 1. The minimum atomic E-state index is -5.21. The molecule has 1 amide bonds. The molecule has 0 spiro atoms. The predicted octanol–water partition coefficient (Wildman–Crippen LogP) is 5.76. The Kier molecular flexibility index (Phi) is 6.27. The summed E-state index contributed by atoms with van der Waals surface area (Å²) in [5, 5.41) is 11.0. The van der Waals surface area contributed by atoms with E-state index in [1.807, 2.05) is 5.32 Å². The average Bonchev–Trinajstić information content (AvgIpc) is 2.55. The van der Waals surface area contributed by atoms with Crippen molar-refractivity contribution in [3.05, 3.63) is 53.1 Å². The number of amides is 1. The van der Waals surface area contributed by atoms with Crippen molar-refractivity contribution in [3.63, 3.8) is 0 Å². The summed E-state index contributed by atoms with van der Waals surface area (Å²) in [5.74, 6) is -1.75. The van der Waals surface area contributed by atoms with Gasteiger partial charge < -0.3 is 10.4 Å². The maximum Gasteiger partial charge on any atom is 0.426 e. The van der Waals surface area contributed by atoms with Crippen LogP contribution in [0.15, 0.2) is 52.3 Å². The topological polar surface area (TPSA) is 49.3 Å². The molecule has 0 aliphatic rings. The fourth-order valence-corrected chi connectivity index (χ4v) is 3.25. The van der Waals surface area contributed by atoms with E-state index in [0.29, 0.717) is 0 Å². The van der Waals surface area contributed by atoms with Crippen molar-refractivity contribution in [1.29, 1.82) is 0 Å². The second-order valence-corrected chi connectivity index (χ2v) is 7.28. The van der Waals surface area contributed by atoms with E-state index in [4.69, 9.17) is 11.6 Å². The summed E-state index contributed by atoms with van der Waals surface area (Å²) >= 11 is 6.67. The Hall–Kier alpha value is -1.91. The Morgan fingerprint density at radius 3 is 2.21 bits per heavy atom. The van der Waals surface area contributed by atoms with Gasteiger partial charge in [0.1, 0.15) is 0 Å². The Labute approximate surface area is 164 Å². The molecular formula is C17H12ClF6NO2S. The lowest BCUT2D eigenvalue weighted by molar-refractivity contribution is -0.242. The van der Waals surface area contributed by atoms with E-state index < -0.39 is 29.4 Å². The number of alkyl halides is 6. The lowest BCUT2D eigenvalue weighted by atomic mass is 10.1. The summed E-state index contributed by atoms with van der Waals surface area (Å²) in [5.41, 5.74) is -4.73. The van der Waals surface area contributed by atoms with Gasteiger partial charge in [0.25, 0.3) is 5.91 Å². The normalized spacial score (nSPS) is 14.5. The first-order valence-electron chi connectivity index (χ1n) is 7.47. The molecule has 0 radical (unpaired) electrons. The second-order valence-electron chi connectivity index (χ2n) is 5.76. The first kappa shape index (κ1) is 22.4. The Morgan fingerprint density at radius 2 is 1.68 bits per heavy atom. The lowest BCUT2D eigenvalue weighted by Crippen LogP contribution is -2.52. The van der Waals surface area contributed by atoms with E-state index >= 15 is 0 Å². The van der Waals surface area contributed by atoms with Crippen LogP contribution in [0.1, 0.15) is 12.5 Å². The highest BCUT2D eigenvalue weighted by molar-refractivity contribution is 7.99. The first-order chi connectivity index (χ1) is 12.7. The molecule has 0 heterocycles. The number of aliphatic hydroxyl groups is 1. The van der Waals surface area contributed by atoms with E-state index in [0.717, 1.165) is 23.9 Å². The zero-order valence-corrected chi connectivity index (χ0v) is 15.5. The minimum Gasteiger partial charge on any atom is -0.373 e. The standard InChI is InChI=1S/C17H12ClF6NO2S/c1-15(27,17(22,23)24)14(26)25-12-7-6-9(8-11(12)18)28-13-5-3-2-4-10(13)16(19,20)21/h2-8,27H,1H3,(H,25,26). The molecule has 3 nitrogen and oxygen atoms in total. The van der Waals surface area contributed by atoms with Gasteiger partial charge in [0.05, 0.1) is 16.3 Å². The number of halogens is 7. The smallest absolute Gasteiger partial charge is 0.373 e. The van der Waals surface area contributed by atoms with Crippen molar-refractivity contribution in [2.45, 2.75) is 34.7 Å². The molecule has 0 saturated carbocycles. The number of nitrogens with one attached hydrogen (secondary N) is 1. The highest BCUT2D eigenvalue weighted by Crippen LogP contribution is 2.41. The third-order valence-corrected chi connectivity index (χ3v) is 4.98.